The lowest BCUT2D eigenvalue weighted by atomic mass is 9.85. The minimum absolute atomic E-state index is 0.141. The Labute approximate surface area is 164 Å². The third-order valence-electron chi connectivity index (χ3n) is 6.54. The van der Waals surface area contributed by atoms with Gasteiger partial charge in [-0.1, -0.05) is 0 Å². The molecule has 29 heavy (non-hydrogen) atoms. The highest BCUT2D eigenvalue weighted by molar-refractivity contribution is 5.92. The first-order valence-electron chi connectivity index (χ1n) is 9.71. The number of pyridine rings is 2. The summed E-state index contributed by atoms with van der Waals surface area (Å²) in [5.74, 6) is -1.03. The van der Waals surface area contributed by atoms with Gasteiger partial charge < -0.3 is 14.4 Å². The number of carbonyl (C=O) groups excluding carboxylic acids is 1. The standard InChI is InChI=1S/C22H17FN2O4/c1-9-10-3-2-4-11-13-7-25-17(19(13)24-16(18(10)11)6-15(9)23)5-12-14(21(25)27)8-29-22(28)20(12)26/h5-6,20,26H,2-4,7-8H2,1H3/t20-/m0/s1. The van der Waals surface area contributed by atoms with Crippen LogP contribution in [0.25, 0.3) is 22.3 Å². The van der Waals surface area contributed by atoms with E-state index in [2.05, 4.69) is 0 Å². The van der Waals surface area contributed by atoms with Crippen LogP contribution < -0.4 is 5.56 Å². The van der Waals surface area contributed by atoms with Crippen LogP contribution in [-0.4, -0.2) is 20.6 Å². The van der Waals surface area contributed by atoms with Gasteiger partial charge in [-0.3, -0.25) is 4.79 Å². The maximum Gasteiger partial charge on any atom is 0.340 e. The molecule has 1 aromatic carbocycles. The molecule has 0 spiro atoms. The monoisotopic (exact) mass is 392 g/mol. The fraction of sp³-hybridized carbons (Fsp3) is 0.318. The van der Waals surface area contributed by atoms with Crippen molar-refractivity contribution in [1.29, 1.82) is 0 Å². The third-order valence-corrected chi connectivity index (χ3v) is 6.54. The van der Waals surface area contributed by atoms with Gasteiger partial charge in [0.15, 0.2) is 6.10 Å². The molecule has 1 aliphatic carbocycles. The molecule has 4 heterocycles. The van der Waals surface area contributed by atoms with Gasteiger partial charge in [-0.05, 0) is 48.9 Å². The molecule has 3 aliphatic rings. The van der Waals surface area contributed by atoms with Crippen molar-refractivity contribution in [3.63, 3.8) is 0 Å². The van der Waals surface area contributed by atoms with Crippen LogP contribution in [0.4, 0.5) is 4.39 Å². The second-order valence-electron chi connectivity index (χ2n) is 7.99. The minimum Gasteiger partial charge on any atom is -0.458 e. The highest BCUT2D eigenvalue weighted by Crippen LogP contribution is 2.41. The zero-order valence-electron chi connectivity index (χ0n) is 15.7. The van der Waals surface area contributed by atoms with E-state index >= 15 is 0 Å². The Morgan fingerprint density at radius 2 is 1.97 bits per heavy atom. The van der Waals surface area contributed by atoms with Crippen molar-refractivity contribution in [3.05, 3.63) is 61.7 Å². The number of nitrogens with zero attached hydrogens (tertiary/aromatic N) is 2. The second kappa shape index (κ2) is 5.51. The van der Waals surface area contributed by atoms with E-state index in [4.69, 9.17) is 9.72 Å². The highest BCUT2D eigenvalue weighted by Gasteiger charge is 2.35. The van der Waals surface area contributed by atoms with Gasteiger partial charge >= 0.3 is 5.97 Å². The molecule has 6 rings (SSSR count). The van der Waals surface area contributed by atoms with Crippen LogP contribution >= 0.6 is 0 Å². The summed E-state index contributed by atoms with van der Waals surface area (Å²) in [7, 11) is 0. The quantitative estimate of drug-likeness (QED) is 0.465. The Balaban J connectivity index is 1.68. The van der Waals surface area contributed by atoms with Crippen molar-refractivity contribution in [2.75, 3.05) is 0 Å². The third kappa shape index (κ3) is 2.05. The number of aliphatic hydroxyl groups is 1. The van der Waals surface area contributed by atoms with E-state index in [9.17, 15) is 19.1 Å². The lowest BCUT2D eigenvalue weighted by Gasteiger charge is -2.22. The van der Waals surface area contributed by atoms with E-state index in [1.54, 1.807) is 17.6 Å². The van der Waals surface area contributed by atoms with Gasteiger partial charge in [-0.25, -0.2) is 14.2 Å². The summed E-state index contributed by atoms with van der Waals surface area (Å²) < 4.78 is 21.1. The SMILES string of the molecule is Cc1c(F)cc2nc3c(c4c2c1CCC4)Cn1c-3cc2c(c1=O)COC(=O)[C@H]2O. The van der Waals surface area contributed by atoms with Crippen LogP contribution in [0.3, 0.4) is 0 Å². The van der Waals surface area contributed by atoms with Gasteiger partial charge in [0.05, 0.1) is 29.0 Å². The van der Waals surface area contributed by atoms with Gasteiger partial charge in [0.1, 0.15) is 12.4 Å². The molecule has 7 heteroatoms. The molecule has 0 saturated heterocycles. The second-order valence-corrected chi connectivity index (χ2v) is 7.99. The van der Waals surface area contributed by atoms with E-state index in [1.807, 2.05) is 0 Å². The first kappa shape index (κ1) is 16.9. The number of rotatable bonds is 0. The Kier molecular flexibility index (Phi) is 3.20. The predicted octanol–water partition coefficient (Wildman–Crippen LogP) is 2.45. The van der Waals surface area contributed by atoms with Crippen LogP contribution in [0, 0.1) is 12.7 Å². The van der Waals surface area contributed by atoms with Crippen molar-refractivity contribution in [2.24, 2.45) is 0 Å². The maximum atomic E-state index is 14.5. The zero-order chi connectivity index (χ0) is 20.0. The maximum absolute atomic E-state index is 14.5. The number of benzene rings is 1. The van der Waals surface area contributed by atoms with Crippen LogP contribution in [0.5, 0.6) is 0 Å². The zero-order valence-corrected chi connectivity index (χ0v) is 15.7. The summed E-state index contributed by atoms with van der Waals surface area (Å²) in [4.78, 5) is 29.6. The van der Waals surface area contributed by atoms with E-state index in [0.29, 0.717) is 34.6 Å². The molecule has 6 nitrogen and oxygen atoms in total. The van der Waals surface area contributed by atoms with Crippen LogP contribution in [-0.2, 0) is 35.5 Å². The molecule has 0 radical (unpaired) electrons. The number of aromatic nitrogens is 2. The molecule has 1 atom stereocenters. The highest BCUT2D eigenvalue weighted by atomic mass is 19.1. The van der Waals surface area contributed by atoms with E-state index in [0.717, 1.165) is 41.3 Å². The average Bonchev–Trinajstić information content (AvgIpc) is 3.08. The summed E-state index contributed by atoms with van der Waals surface area (Å²) >= 11 is 0. The van der Waals surface area contributed by atoms with Crippen molar-refractivity contribution < 1.29 is 19.0 Å². The Morgan fingerprint density at radius 3 is 2.79 bits per heavy atom. The fourth-order valence-corrected chi connectivity index (χ4v) is 5.06. The summed E-state index contributed by atoms with van der Waals surface area (Å²) in [6, 6.07) is 3.13. The fourth-order valence-electron chi connectivity index (χ4n) is 5.06. The lowest BCUT2D eigenvalue weighted by Crippen LogP contribution is -2.32. The lowest BCUT2D eigenvalue weighted by molar-refractivity contribution is -0.157. The van der Waals surface area contributed by atoms with Crippen molar-refractivity contribution >= 4 is 16.9 Å². The average molecular weight is 392 g/mol. The molecule has 0 saturated carbocycles. The first-order valence-corrected chi connectivity index (χ1v) is 9.71. The Morgan fingerprint density at radius 1 is 1.17 bits per heavy atom. The molecule has 146 valence electrons. The van der Waals surface area contributed by atoms with E-state index < -0.39 is 12.1 Å². The van der Waals surface area contributed by atoms with Gasteiger partial charge in [-0.2, -0.15) is 0 Å². The van der Waals surface area contributed by atoms with Crippen molar-refractivity contribution in [2.45, 2.75) is 45.4 Å². The Hall–Kier alpha value is -3.06. The molecule has 0 bridgehead atoms. The number of aryl methyl sites for hydroxylation is 2. The van der Waals surface area contributed by atoms with Gasteiger partial charge in [-0.15, -0.1) is 0 Å². The molecule has 1 N–H and O–H groups in total. The number of ether oxygens (including phenoxy) is 1. The van der Waals surface area contributed by atoms with E-state index in [-0.39, 0.29) is 23.5 Å². The number of esters is 1. The van der Waals surface area contributed by atoms with E-state index in [1.165, 1.54) is 6.07 Å². The van der Waals surface area contributed by atoms with Crippen molar-refractivity contribution in [1.82, 2.24) is 9.55 Å². The molecule has 3 aromatic rings. The van der Waals surface area contributed by atoms with Crippen LogP contribution in [0.1, 0.15) is 45.9 Å². The number of carbonyl (C=O) groups is 1. The first-order chi connectivity index (χ1) is 14.0. The molecule has 0 unspecified atom stereocenters. The summed E-state index contributed by atoms with van der Waals surface area (Å²) in [5, 5.41) is 11.2. The Bertz CT molecular complexity index is 1340. The smallest absolute Gasteiger partial charge is 0.340 e. The number of fused-ring (bicyclic) bond motifs is 5. The van der Waals surface area contributed by atoms with Gasteiger partial charge in [0.25, 0.3) is 5.56 Å². The number of hydrogen-bond acceptors (Lipinski definition) is 5. The number of cyclic esters (lactones) is 1. The van der Waals surface area contributed by atoms with Gasteiger partial charge in [0.2, 0.25) is 0 Å². The summed E-state index contributed by atoms with van der Waals surface area (Å²) in [6.07, 6.45) is 1.12. The molecular formula is C22H17FN2O4. The number of aliphatic hydroxyl groups excluding tert-OH is 1. The predicted molar refractivity (Wildman–Crippen MR) is 102 cm³/mol. The van der Waals surface area contributed by atoms with Crippen molar-refractivity contribution in [3.8, 4) is 11.4 Å². The summed E-state index contributed by atoms with van der Waals surface area (Å²) in [6.45, 7) is 2.05. The molecular weight excluding hydrogens is 375 g/mol. The topological polar surface area (TPSA) is 81.4 Å². The number of halogens is 1. The minimum atomic E-state index is -1.48. The normalized spacial score (nSPS) is 19.0. The molecule has 2 aromatic heterocycles. The largest absolute Gasteiger partial charge is 0.458 e. The van der Waals surface area contributed by atoms with Crippen LogP contribution in [0.2, 0.25) is 0 Å². The summed E-state index contributed by atoms with van der Waals surface area (Å²) in [5.41, 5.74) is 5.86. The molecule has 0 amide bonds. The molecule has 0 fully saturated rings. The van der Waals surface area contributed by atoms with Gasteiger partial charge in [0, 0.05) is 22.6 Å². The number of hydrogen-bond donors (Lipinski definition) is 1. The van der Waals surface area contributed by atoms with Crippen LogP contribution in [0.15, 0.2) is 16.9 Å². The molecule has 2 aliphatic heterocycles.